The van der Waals surface area contributed by atoms with Crippen molar-refractivity contribution in [2.24, 2.45) is 16.7 Å². The van der Waals surface area contributed by atoms with Crippen molar-refractivity contribution in [3.63, 3.8) is 0 Å². The summed E-state index contributed by atoms with van der Waals surface area (Å²) in [6.07, 6.45) is 0.340. The van der Waals surface area contributed by atoms with Gasteiger partial charge in [0.05, 0.1) is 12.5 Å². The first-order chi connectivity index (χ1) is 11.2. The van der Waals surface area contributed by atoms with E-state index < -0.39 is 34.3 Å². The van der Waals surface area contributed by atoms with Crippen molar-refractivity contribution in [1.29, 1.82) is 0 Å². The first-order valence-electron chi connectivity index (χ1n) is 7.82. The Labute approximate surface area is 145 Å². The fraction of sp³-hybridized carbons (Fsp3) is 0.500. The van der Waals surface area contributed by atoms with E-state index in [1.54, 1.807) is 45.0 Å². The molecule has 1 saturated carbocycles. The second-order valence-corrected chi connectivity index (χ2v) is 7.32. The SMILES string of the molecule is CC[C@@]1(C(=O)c2ccc(Cl)cc2)[C@H]2C(C)(C)OC(=O)[C@@]21C(=O)OC. The van der Waals surface area contributed by atoms with Crippen LogP contribution in [-0.2, 0) is 19.1 Å². The lowest BCUT2D eigenvalue weighted by Crippen LogP contribution is -2.40. The van der Waals surface area contributed by atoms with Gasteiger partial charge in [0, 0.05) is 16.5 Å². The maximum absolute atomic E-state index is 13.3. The van der Waals surface area contributed by atoms with Gasteiger partial charge in [-0.25, -0.2) is 0 Å². The zero-order chi connectivity index (χ0) is 17.9. The summed E-state index contributed by atoms with van der Waals surface area (Å²) in [5.41, 5.74) is -3.20. The lowest BCUT2D eigenvalue weighted by Gasteiger charge is -2.28. The molecule has 2 fully saturated rings. The van der Waals surface area contributed by atoms with Crippen LogP contribution >= 0.6 is 11.6 Å². The van der Waals surface area contributed by atoms with Crippen molar-refractivity contribution in [2.45, 2.75) is 32.8 Å². The van der Waals surface area contributed by atoms with Crippen LogP contribution in [0, 0.1) is 16.7 Å². The van der Waals surface area contributed by atoms with E-state index in [1.165, 1.54) is 7.11 Å². The van der Waals surface area contributed by atoms with Gasteiger partial charge in [0.15, 0.2) is 11.2 Å². The van der Waals surface area contributed by atoms with Gasteiger partial charge in [-0.1, -0.05) is 18.5 Å². The molecule has 3 rings (SSSR count). The van der Waals surface area contributed by atoms with E-state index in [0.29, 0.717) is 17.0 Å². The normalized spacial score (nSPS) is 32.7. The van der Waals surface area contributed by atoms with Gasteiger partial charge in [-0.05, 0) is 44.5 Å². The molecule has 128 valence electrons. The molecular formula is C18H19ClO5. The van der Waals surface area contributed by atoms with Crippen LogP contribution in [0.25, 0.3) is 0 Å². The fourth-order valence-corrected chi connectivity index (χ4v) is 4.81. The number of carbonyl (C=O) groups is 3. The lowest BCUT2D eigenvalue weighted by molar-refractivity contribution is -0.165. The third-order valence-corrected chi connectivity index (χ3v) is 5.75. The van der Waals surface area contributed by atoms with E-state index in [0.717, 1.165) is 0 Å². The number of rotatable bonds is 4. The summed E-state index contributed by atoms with van der Waals surface area (Å²) in [6, 6.07) is 6.45. The van der Waals surface area contributed by atoms with Gasteiger partial charge < -0.3 is 9.47 Å². The number of ether oxygens (including phenoxy) is 2. The zero-order valence-corrected chi connectivity index (χ0v) is 14.8. The van der Waals surface area contributed by atoms with Crippen LogP contribution < -0.4 is 0 Å². The molecule has 5 nitrogen and oxygen atoms in total. The second-order valence-electron chi connectivity index (χ2n) is 6.89. The minimum atomic E-state index is -1.56. The van der Waals surface area contributed by atoms with Crippen LogP contribution in [0.5, 0.6) is 0 Å². The fourth-order valence-electron chi connectivity index (χ4n) is 4.68. The van der Waals surface area contributed by atoms with E-state index in [9.17, 15) is 14.4 Å². The molecule has 1 saturated heterocycles. The van der Waals surface area contributed by atoms with E-state index in [4.69, 9.17) is 21.1 Å². The molecular weight excluding hydrogens is 332 g/mol. The number of benzene rings is 1. The molecule has 0 amide bonds. The molecule has 1 heterocycles. The van der Waals surface area contributed by atoms with Crippen LogP contribution in [0.2, 0.25) is 5.02 Å². The second kappa shape index (κ2) is 5.06. The molecule has 1 aromatic rings. The first kappa shape index (κ1) is 17.0. The van der Waals surface area contributed by atoms with Crippen molar-refractivity contribution in [3.05, 3.63) is 34.9 Å². The van der Waals surface area contributed by atoms with E-state index in [2.05, 4.69) is 0 Å². The number of fused-ring (bicyclic) bond motifs is 1. The number of halogens is 1. The Morgan fingerprint density at radius 1 is 1.25 bits per heavy atom. The van der Waals surface area contributed by atoms with Gasteiger partial charge in [0.1, 0.15) is 5.60 Å². The van der Waals surface area contributed by atoms with Gasteiger partial charge in [0.2, 0.25) is 0 Å². The molecule has 0 unspecified atom stereocenters. The molecule has 0 bridgehead atoms. The molecule has 1 aliphatic carbocycles. The van der Waals surface area contributed by atoms with Crippen molar-refractivity contribution in [3.8, 4) is 0 Å². The third kappa shape index (κ3) is 1.73. The van der Waals surface area contributed by atoms with Crippen molar-refractivity contribution in [1.82, 2.24) is 0 Å². The highest BCUT2D eigenvalue weighted by Gasteiger charge is 2.95. The smallest absolute Gasteiger partial charge is 0.325 e. The Hall–Kier alpha value is -1.88. The minimum absolute atomic E-state index is 0.248. The molecule has 3 atom stereocenters. The maximum atomic E-state index is 13.3. The number of carbonyl (C=O) groups excluding carboxylic acids is 3. The Kier molecular flexibility index (Phi) is 3.57. The highest BCUT2D eigenvalue weighted by atomic mass is 35.5. The number of methoxy groups -OCH3 is 1. The zero-order valence-electron chi connectivity index (χ0n) is 14.0. The number of hydrogen-bond acceptors (Lipinski definition) is 5. The first-order valence-corrected chi connectivity index (χ1v) is 8.20. The molecule has 6 heteroatoms. The van der Waals surface area contributed by atoms with Crippen LogP contribution in [-0.4, -0.2) is 30.4 Å². The quantitative estimate of drug-likeness (QED) is 0.474. The average Bonchev–Trinajstić information content (AvgIpc) is 3.14. The maximum Gasteiger partial charge on any atom is 0.325 e. The Bertz CT molecular complexity index is 738. The highest BCUT2D eigenvalue weighted by Crippen LogP contribution is 2.80. The summed E-state index contributed by atoms with van der Waals surface area (Å²) in [7, 11) is 1.22. The summed E-state index contributed by atoms with van der Waals surface area (Å²) < 4.78 is 10.3. The van der Waals surface area contributed by atoms with Crippen LogP contribution in [0.1, 0.15) is 37.6 Å². The van der Waals surface area contributed by atoms with Gasteiger partial charge in [0.25, 0.3) is 0 Å². The van der Waals surface area contributed by atoms with Gasteiger partial charge >= 0.3 is 11.9 Å². The van der Waals surface area contributed by atoms with Gasteiger partial charge in [-0.3, -0.25) is 14.4 Å². The Morgan fingerprint density at radius 2 is 1.83 bits per heavy atom. The van der Waals surface area contributed by atoms with Crippen LogP contribution in [0.4, 0.5) is 0 Å². The predicted octanol–water partition coefficient (Wildman–Crippen LogP) is 3.04. The van der Waals surface area contributed by atoms with Gasteiger partial charge in [-0.2, -0.15) is 0 Å². The largest absolute Gasteiger partial charge is 0.468 e. The molecule has 0 N–H and O–H groups in total. The third-order valence-electron chi connectivity index (χ3n) is 5.50. The summed E-state index contributed by atoms with van der Waals surface area (Å²) in [5, 5.41) is 0.510. The van der Waals surface area contributed by atoms with Crippen molar-refractivity contribution >= 4 is 29.3 Å². The highest BCUT2D eigenvalue weighted by molar-refractivity contribution is 6.30. The standard InChI is InChI=1S/C18H19ClO5/c1-5-17(12(20)10-6-8-11(19)9-7-10)13-16(2,3)24-15(22)18(13,17)14(21)23-4/h6-9,13H,5H2,1-4H3/t13-,17-,18+/m1/s1. The van der Waals surface area contributed by atoms with E-state index >= 15 is 0 Å². The van der Waals surface area contributed by atoms with Crippen LogP contribution in [0.15, 0.2) is 24.3 Å². The number of Topliss-reactive ketones (excluding diaryl/α,β-unsaturated/α-hetero) is 1. The molecule has 1 aliphatic heterocycles. The molecule has 1 aromatic carbocycles. The molecule has 0 aromatic heterocycles. The topological polar surface area (TPSA) is 69.7 Å². The molecule has 2 aliphatic rings. The summed E-state index contributed by atoms with van der Waals surface area (Å²) in [6.45, 7) is 5.26. The minimum Gasteiger partial charge on any atom is -0.468 e. The predicted molar refractivity (Wildman–Crippen MR) is 86.6 cm³/mol. The van der Waals surface area contributed by atoms with E-state index in [1.807, 2.05) is 0 Å². The molecule has 0 spiro atoms. The molecule has 0 radical (unpaired) electrons. The van der Waals surface area contributed by atoms with E-state index in [-0.39, 0.29) is 5.78 Å². The Balaban J connectivity index is 2.16. The molecule has 24 heavy (non-hydrogen) atoms. The summed E-state index contributed by atoms with van der Waals surface area (Å²) in [5.74, 6) is -2.17. The summed E-state index contributed by atoms with van der Waals surface area (Å²) in [4.78, 5) is 38.5. The van der Waals surface area contributed by atoms with Gasteiger partial charge in [-0.15, -0.1) is 0 Å². The number of cyclic esters (lactones) is 1. The number of esters is 2. The lowest BCUT2D eigenvalue weighted by atomic mass is 9.81. The number of ketones is 1. The monoisotopic (exact) mass is 350 g/mol. The number of hydrogen-bond donors (Lipinski definition) is 0. The van der Waals surface area contributed by atoms with Crippen molar-refractivity contribution < 1.29 is 23.9 Å². The van der Waals surface area contributed by atoms with Crippen LogP contribution in [0.3, 0.4) is 0 Å². The summed E-state index contributed by atoms with van der Waals surface area (Å²) >= 11 is 5.89. The average molecular weight is 351 g/mol. The Morgan fingerprint density at radius 3 is 2.33 bits per heavy atom. The van der Waals surface area contributed by atoms with Crippen molar-refractivity contribution in [2.75, 3.05) is 7.11 Å².